The van der Waals surface area contributed by atoms with Crippen molar-refractivity contribution in [1.82, 2.24) is 10.2 Å². The van der Waals surface area contributed by atoms with Crippen LogP contribution in [0, 0.1) is 11.8 Å². The van der Waals surface area contributed by atoms with Crippen LogP contribution in [0.15, 0.2) is 54.6 Å². The van der Waals surface area contributed by atoms with E-state index in [0.717, 1.165) is 18.4 Å². The Morgan fingerprint density at radius 3 is 2.47 bits per heavy atom. The van der Waals surface area contributed by atoms with E-state index in [2.05, 4.69) is 17.6 Å². The Hall–Kier alpha value is -3.04. The predicted octanol–water partition coefficient (Wildman–Crippen LogP) is 3.37. The van der Waals surface area contributed by atoms with Crippen LogP contribution in [0.2, 0.25) is 0 Å². The molecule has 3 heterocycles. The lowest BCUT2D eigenvalue weighted by Crippen LogP contribution is -2.53. The van der Waals surface area contributed by atoms with Crippen LogP contribution in [0.25, 0.3) is 0 Å². The fourth-order valence-electron chi connectivity index (χ4n) is 6.67. The molecular formula is C29H35N3O5S. The molecule has 9 heteroatoms. The maximum atomic E-state index is 14.4. The number of ether oxygens (including phenoxy) is 1. The van der Waals surface area contributed by atoms with E-state index in [4.69, 9.17) is 4.74 Å². The predicted molar refractivity (Wildman–Crippen MR) is 147 cm³/mol. The Labute approximate surface area is 227 Å². The standard InChI is InChI=1S/C29H35N3O5S/c1-4-16-30-25(34)22-23-27(36)32(21(17-33)18-8-6-5-7-9-18)24(29(23)15-14-28(22,2)38-29)26(35)31-19-10-12-20(37-3)13-11-19/h5-13,21-24,33H,4,14-17H2,1-3H3,(H,30,34)(H,31,35)/t21-,22-,23+,24?,28+,29?/m1/s1. The van der Waals surface area contributed by atoms with Crippen LogP contribution in [0.5, 0.6) is 5.75 Å². The average Bonchev–Trinajstić information content (AvgIpc) is 3.50. The third-order valence-corrected chi connectivity index (χ3v) is 10.3. The molecule has 0 aliphatic carbocycles. The van der Waals surface area contributed by atoms with E-state index in [1.807, 2.05) is 37.3 Å². The number of hydrogen-bond donors (Lipinski definition) is 3. The highest BCUT2D eigenvalue weighted by molar-refractivity contribution is 8.02. The number of carbonyl (C=O) groups is 3. The second kappa shape index (κ2) is 10.3. The van der Waals surface area contributed by atoms with Crippen LogP contribution in [-0.4, -0.2) is 63.5 Å². The molecule has 2 unspecified atom stereocenters. The summed E-state index contributed by atoms with van der Waals surface area (Å²) in [6.07, 6.45) is 2.18. The molecule has 3 saturated heterocycles. The van der Waals surface area contributed by atoms with Gasteiger partial charge in [-0.3, -0.25) is 14.4 Å². The van der Waals surface area contributed by atoms with Gasteiger partial charge in [0, 0.05) is 17.0 Å². The van der Waals surface area contributed by atoms with Crippen molar-refractivity contribution in [3.63, 3.8) is 0 Å². The summed E-state index contributed by atoms with van der Waals surface area (Å²) < 4.78 is 4.03. The largest absolute Gasteiger partial charge is 0.497 e. The topological polar surface area (TPSA) is 108 Å². The Balaban J connectivity index is 1.57. The summed E-state index contributed by atoms with van der Waals surface area (Å²) in [7, 11) is 1.58. The Kier molecular flexibility index (Phi) is 7.17. The molecule has 3 fully saturated rings. The first-order valence-electron chi connectivity index (χ1n) is 13.2. The number of nitrogens with one attached hydrogen (secondary N) is 2. The number of thioether (sulfide) groups is 1. The van der Waals surface area contributed by atoms with Crippen LogP contribution >= 0.6 is 11.8 Å². The number of aliphatic hydroxyl groups excluding tert-OH is 1. The second-order valence-electron chi connectivity index (χ2n) is 10.6. The van der Waals surface area contributed by atoms with Gasteiger partial charge in [0.25, 0.3) is 0 Å². The summed E-state index contributed by atoms with van der Waals surface area (Å²) in [5.41, 5.74) is 1.34. The van der Waals surface area contributed by atoms with E-state index in [9.17, 15) is 19.5 Å². The fourth-order valence-corrected chi connectivity index (χ4v) is 9.02. The van der Waals surface area contributed by atoms with Gasteiger partial charge in [-0.25, -0.2) is 0 Å². The fraction of sp³-hybridized carbons (Fsp3) is 0.483. The smallest absolute Gasteiger partial charge is 0.248 e. The third kappa shape index (κ3) is 4.16. The Bertz CT molecular complexity index is 1210. The average molecular weight is 538 g/mol. The molecule has 3 amide bonds. The molecule has 0 aromatic heterocycles. The van der Waals surface area contributed by atoms with Crippen molar-refractivity contribution in [2.24, 2.45) is 11.8 Å². The van der Waals surface area contributed by atoms with E-state index in [1.54, 1.807) is 48.0 Å². The first kappa shape index (κ1) is 26.6. The van der Waals surface area contributed by atoms with Crippen molar-refractivity contribution in [1.29, 1.82) is 0 Å². The van der Waals surface area contributed by atoms with Crippen LogP contribution in [0.1, 0.15) is 44.7 Å². The van der Waals surface area contributed by atoms with Crippen molar-refractivity contribution in [3.8, 4) is 5.75 Å². The number of hydrogen-bond acceptors (Lipinski definition) is 6. The van der Waals surface area contributed by atoms with Gasteiger partial charge >= 0.3 is 0 Å². The van der Waals surface area contributed by atoms with Crippen LogP contribution in [-0.2, 0) is 14.4 Å². The number of amides is 3. The minimum absolute atomic E-state index is 0.127. The lowest BCUT2D eigenvalue weighted by atomic mass is 9.66. The normalized spacial score (nSPS) is 30.2. The SMILES string of the molecule is CCCNC(=O)[C@H]1[C@H]2C(=O)N([C@H](CO)c3ccccc3)C(C(=O)Nc3ccc(OC)cc3)C23CC[C@]1(C)S3. The van der Waals surface area contributed by atoms with Crippen molar-refractivity contribution in [2.45, 2.75) is 54.7 Å². The molecule has 8 nitrogen and oxygen atoms in total. The highest BCUT2D eigenvalue weighted by Gasteiger charge is 2.77. The molecule has 3 aliphatic rings. The van der Waals surface area contributed by atoms with Crippen LogP contribution in [0.3, 0.4) is 0 Å². The molecule has 0 radical (unpaired) electrons. The molecule has 2 aromatic rings. The van der Waals surface area contributed by atoms with Gasteiger partial charge in [-0.1, -0.05) is 37.3 Å². The van der Waals surface area contributed by atoms with Gasteiger partial charge in [0.05, 0.1) is 36.3 Å². The number of anilines is 1. The van der Waals surface area contributed by atoms with Crippen molar-refractivity contribution >= 4 is 35.2 Å². The molecule has 6 atom stereocenters. The summed E-state index contributed by atoms with van der Waals surface area (Å²) in [5.74, 6) is -1.20. The Morgan fingerprint density at radius 1 is 1.13 bits per heavy atom. The zero-order valence-corrected chi connectivity index (χ0v) is 22.8. The molecule has 38 heavy (non-hydrogen) atoms. The third-order valence-electron chi connectivity index (χ3n) is 8.35. The second-order valence-corrected chi connectivity index (χ2v) is 12.5. The minimum atomic E-state index is -0.852. The number of carbonyl (C=O) groups excluding carboxylic acids is 3. The maximum Gasteiger partial charge on any atom is 0.248 e. The molecule has 3 aliphatic heterocycles. The molecular weight excluding hydrogens is 502 g/mol. The highest BCUT2D eigenvalue weighted by atomic mass is 32.2. The molecule has 5 rings (SSSR count). The summed E-state index contributed by atoms with van der Waals surface area (Å²) in [6, 6.07) is 14.8. The summed E-state index contributed by atoms with van der Waals surface area (Å²) in [5, 5.41) is 16.6. The van der Waals surface area contributed by atoms with E-state index in [1.165, 1.54) is 0 Å². The number of aliphatic hydroxyl groups is 1. The minimum Gasteiger partial charge on any atom is -0.497 e. The van der Waals surface area contributed by atoms with E-state index in [0.29, 0.717) is 24.4 Å². The van der Waals surface area contributed by atoms with Gasteiger partial charge < -0.3 is 25.4 Å². The van der Waals surface area contributed by atoms with Gasteiger partial charge in [0.15, 0.2) is 0 Å². The number of likely N-dealkylation sites (tertiary alicyclic amines) is 1. The summed E-state index contributed by atoms with van der Waals surface area (Å²) in [6.45, 7) is 4.25. The number of benzene rings is 2. The van der Waals surface area contributed by atoms with Crippen molar-refractivity contribution < 1.29 is 24.2 Å². The van der Waals surface area contributed by atoms with Gasteiger partial charge in [0.2, 0.25) is 17.7 Å². The number of rotatable bonds is 9. The monoisotopic (exact) mass is 537 g/mol. The number of fused-ring (bicyclic) bond motifs is 1. The van der Waals surface area contributed by atoms with Crippen molar-refractivity contribution in [2.75, 3.05) is 25.6 Å². The molecule has 2 bridgehead atoms. The molecule has 0 saturated carbocycles. The number of nitrogens with zero attached hydrogens (tertiary/aromatic N) is 1. The van der Waals surface area contributed by atoms with Gasteiger partial charge in [-0.15, -0.1) is 11.8 Å². The van der Waals surface area contributed by atoms with E-state index >= 15 is 0 Å². The zero-order chi connectivity index (χ0) is 27.1. The molecule has 1 spiro atoms. The molecule has 3 N–H and O–H groups in total. The van der Waals surface area contributed by atoms with E-state index in [-0.39, 0.29) is 24.3 Å². The van der Waals surface area contributed by atoms with Gasteiger partial charge in [0.1, 0.15) is 11.8 Å². The summed E-state index contributed by atoms with van der Waals surface area (Å²) in [4.78, 5) is 43.5. The maximum absolute atomic E-state index is 14.4. The van der Waals surface area contributed by atoms with Crippen molar-refractivity contribution in [3.05, 3.63) is 60.2 Å². The zero-order valence-electron chi connectivity index (χ0n) is 22.0. The first-order chi connectivity index (χ1) is 18.3. The van der Waals surface area contributed by atoms with Gasteiger partial charge in [-0.05, 0) is 56.0 Å². The highest BCUT2D eigenvalue weighted by Crippen LogP contribution is 2.72. The van der Waals surface area contributed by atoms with Gasteiger partial charge in [-0.2, -0.15) is 0 Å². The quantitative estimate of drug-likeness (QED) is 0.453. The first-order valence-corrected chi connectivity index (χ1v) is 14.0. The lowest BCUT2D eigenvalue weighted by molar-refractivity contribution is -0.142. The number of methoxy groups -OCH3 is 1. The Morgan fingerprint density at radius 2 is 1.84 bits per heavy atom. The molecule has 2 aromatic carbocycles. The summed E-state index contributed by atoms with van der Waals surface area (Å²) >= 11 is 1.62. The molecule has 202 valence electrons. The lowest BCUT2D eigenvalue weighted by Gasteiger charge is -2.37. The van der Waals surface area contributed by atoms with Crippen LogP contribution < -0.4 is 15.4 Å². The van der Waals surface area contributed by atoms with Crippen LogP contribution in [0.4, 0.5) is 5.69 Å². The van der Waals surface area contributed by atoms with E-state index < -0.39 is 33.4 Å².